The Balaban J connectivity index is 1.87. The molecular formula is C14H16N4O2S. The van der Waals surface area contributed by atoms with E-state index in [4.69, 9.17) is 11.5 Å². The van der Waals surface area contributed by atoms with Crippen LogP contribution in [-0.2, 0) is 17.6 Å². The van der Waals surface area contributed by atoms with E-state index in [0.29, 0.717) is 10.6 Å². The molecule has 0 saturated heterocycles. The average molecular weight is 304 g/mol. The Hall–Kier alpha value is -2.15. The van der Waals surface area contributed by atoms with Crippen LogP contribution in [0.1, 0.15) is 33.8 Å². The van der Waals surface area contributed by atoms with Gasteiger partial charge in [0.1, 0.15) is 9.71 Å². The van der Waals surface area contributed by atoms with E-state index in [-0.39, 0.29) is 18.9 Å². The number of fused-ring (bicyclic) bond motifs is 2. The van der Waals surface area contributed by atoms with Gasteiger partial charge in [0.25, 0.3) is 5.91 Å². The van der Waals surface area contributed by atoms with Crippen molar-refractivity contribution in [3.63, 3.8) is 0 Å². The number of carbonyl (C=O) groups excluding carboxylic acids is 2. The first-order valence-corrected chi connectivity index (χ1v) is 7.65. The number of hydrogen-bond acceptors (Lipinski definition) is 5. The van der Waals surface area contributed by atoms with Crippen LogP contribution in [-0.4, -0.2) is 23.3 Å². The van der Waals surface area contributed by atoms with Crippen molar-refractivity contribution in [3.8, 4) is 0 Å². The highest BCUT2D eigenvalue weighted by atomic mass is 32.1. The van der Waals surface area contributed by atoms with Gasteiger partial charge in [0.05, 0.1) is 5.69 Å². The van der Waals surface area contributed by atoms with Gasteiger partial charge < -0.3 is 16.8 Å². The minimum absolute atomic E-state index is 0.114. The number of aryl methyl sites for hydroxylation is 2. The van der Waals surface area contributed by atoms with Crippen molar-refractivity contribution >= 4 is 39.1 Å². The first-order valence-electron chi connectivity index (χ1n) is 6.83. The molecule has 0 bridgehead atoms. The maximum atomic E-state index is 12.1. The van der Waals surface area contributed by atoms with Crippen LogP contribution in [0.15, 0.2) is 6.07 Å². The number of anilines is 1. The number of amides is 2. The summed E-state index contributed by atoms with van der Waals surface area (Å²) in [6.07, 6.45) is 3.25. The van der Waals surface area contributed by atoms with Gasteiger partial charge >= 0.3 is 0 Å². The smallest absolute Gasteiger partial charge is 0.263 e. The lowest BCUT2D eigenvalue weighted by molar-refractivity contribution is -0.117. The first kappa shape index (κ1) is 13.8. The molecular weight excluding hydrogens is 288 g/mol. The van der Waals surface area contributed by atoms with Crippen LogP contribution >= 0.6 is 11.3 Å². The molecule has 2 aromatic heterocycles. The molecule has 0 unspecified atom stereocenters. The molecule has 0 spiro atoms. The molecule has 2 aromatic rings. The van der Waals surface area contributed by atoms with Gasteiger partial charge in [-0.05, 0) is 30.9 Å². The molecule has 5 N–H and O–H groups in total. The average Bonchev–Trinajstić information content (AvgIpc) is 3.01. The highest BCUT2D eigenvalue weighted by molar-refractivity contribution is 7.21. The van der Waals surface area contributed by atoms with Crippen molar-refractivity contribution in [2.24, 2.45) is 5.73 Å². The highest BCUT2D eigenvalue weighted by Crippen LogP contribution is 2.35. The van der Waals surface area contributed by atoms with Gasteiger partial charge in [-0.25, -0.2) is 4.98 Å². The zero-order chi connectivity index (χ0) is 15.0. The minimum atomic E-state index is -0.447. The molecule has 1 aliphatic rings. The van der Waals surface area contributed by atoms with Gasteiger partial charge in [-0.15, -0.1) is 11.3 Å². The lowest BCUT2D eigenvalue weighted by atomic mass is 10.1. The predicted octanol–water partition coefficient (Wildman–Crippen LogP) is 0.972. The number of nitrogens with two attached hydrogens (primary N) is 2. The van der Waals surface area contributed by atoms with E-state index >= 15 is 0 Å². The van der Waals surface area contributed by atoms with Crippen LogP contribution in [0.25, 0.3) is 10.2 Å². The van der Waals surface area contributed by atoms with Crippen molar-refractivity contribution in [3.05, 3.63) is 22.2 Å². The SMILES string of the molecule is NC(=O)CCNC(=O)c1sc2nc3c(cc2c1N)CCC3. The number of aromatic nitrogens is 1. The highest BCUT2D eigenvalue weighted by Gasteiger charge is 2.20. The van der Waals surface area contributed by atoms with Crippen LogP contribution < -0.4 is 16.8 Å². The molecule has 1 aliphatic carbocycles. The summed E-state index contributed by atoms with van der Waals surface area (Å²) < 4.78 is 0. The standard InChI is InChI=1S/C14H16N4O2S/c15-10(19)4-5-17-13(20)12-11(16)8-6-7-2-1-3-9(7)18-14(8)21-12/h6H,1-5,16H2,(H2,15,19)(H,17,20). The lowest BCUT2D eigenvalue weighted by Crippen LogP contribution is -2.27. The third-order valence-electron chi connectivity index (χ3n) is 3.61. The van der Waals surface area contributed by atoms with Crippen LogP contribution in [0.3, 0.4) is 0 Å². The summed E-state index contributed by atoms with van der Waals surface area (Å²) in [5.41, 5.74) is 13.9. The Morgan fingerprint density at radius 3 is 2.95 bits per heavy atom. The molecule has 0 aromatic carbocycles. The molecule has 0 fully saturated rings. The summed E-state index contributed by atoms with van der Waals surface area (Å²) in [6.45, 7) is 0.214. The number of nitrogens with one attached hydrogen (secondary N) is 1. The largest absolute Gasteiger partial charge is 0.397 e. The summed E-state index contributed by atoms with van der Waals surface area (Å²) >= 11 is 1.29. The second-order valence-corrected chi connectivity index (χ2v) is 6.12. The number of rotatable bonds is 4. The van der Waals surface area contributed by atoms with Crippen molar-refractivity contribution < 1.29 is 9.59 Å². The maximum Gasteiger partial charge on any atom is 0.263 e. The Kier molecular flexibility index (Phi) is 3.50. The topological polar surface area (TPSA) is 111 Å². The number of nitrogen functional groups attached to an aromatic ring is 1. The third-order valence-corrected chi connectivity index (χ3v) is 4.73. The van der Waals surface area contributed by atoms with Gasteiger partial charge in [0.15, 0.2) is 0 Å². The molecule has 6 nitrogen and oxygen atoms in total. The van der Waals surface area contributed by atoms with Crippen molar-refractivity contribution in [1.82, 2.24) is 10.3 Å². The molecule has 110 valence electrons. The summed E-state index contributed by atoms with van der Waals surface area (Å²) in [6, 6.07) is 2.05. The monoisotopic (exact) mass is 304 g/mol. The molecule has 2 amide bonds. The van der Waals surface area contributed by atoms with Gasteiger partial charge in [-0.3, -0.25) is 9.59 Å². The van der Waals surface area contributed by atoms with E-state index in [1.807, 2.05) is 0 Å². The molecule has 7 heteroatoms. The second kappa shape index (κ2) is 5.33. The van der Waals surface area contributed by atoms with E-state index in [1.165, 1.54) is 16.9 Å². The lowest BCUT2D eigenvalue weighted by Gasteiger charge is -2.02. The summed E-state index contributed by atoms with van der Waals surface area (Å²) in [7, 11) is 0. The number of carbonyl (C=O) groups is 2. The third kappa shape index (κ3) is 2.56. The molecule has 2 heterocycles. The van der Waals surface area contributed by atoms with Crippen molar-refractivity contribution in [1.29, 1.82) is 0 Å². The van der Waals surface area contributed by atoms with E-state index < -0.39 is 5.91 Å². The molecule has 3 rings (SSSR count). The van der Waals surface area contributed by atoms with E-state index in [2.05, 4.69) is 16.4 Å². The quantitative estimate of drug-likeness (QED) is 0.781. The fourth-order valence-corrected chi connectivity index (χ4v) is 3.56. The zero-order valence-corrected chi connectivity index (χ0v) is 12.3. The molecule has 0 aliphatic heterocycles. The number of pyridine rings is 1. The fourth-order valence-electron chi connectivity index (χ4n) is 2.55. The van der Waals surface area contributed by atoms with Crippen LogP contribution in [0.2, 0.25) is 0 Å². The first-order chi connectivity index (χ1) is 10.1. The van der Waals surface area contributed by atoms with E-state index in [1.54, 1.807) is 0 Å². The molecule has 0 saturated carbocycles. The van der Waals surface area contributed by atoms with Gasteiger partial charge in [-0.1, -0.05) is 0 Å². The summed E-state index contributed by atoms with van der Waals surface area (Å²) in [5.74, 6) is -0.727. The van der Waals surface area contributed by atoms with Crippen LogP contribution in [0.5, 0.6) is 0 Å². The molecule has 21 heavy (non-hydrogen) atoms. The Morgan fingerprint density at radius 2 is 2.19 bits per heavy atom. The zero-order valence-electron chi connectivity index (χ0n) is 11.4. The van der Waals surface area contributed by atoms with Gasteiger partial charge in [-0.2, -0.15) is 0 Å². The number of primary amides is 1. The Labute approximate surface area is 125 Å². The maximum absolute atomic E-state index is 12.1. The summed E-state index contributed by atoms with van der Waals surface area (Å²) in [5, 5.41) is 3.50. The summed E-state index contributed by atoms with van der Waals surface area (Å²) in [4.78, 5) is 28.6. The number of nitrogens with zero attached hydrogens (tertiary/aromatic N) is 1. The molecule has 0 atom stereocenters. The van der Waals surface area contributed by atoms with Crippen LogP contribution in [0, 0.1) is 0 Å². The van der Waals surface area contributed by atoms with E-state index in [9.17, 15) is 9.59 Å². The van der Waals surface area contributed by atoms with Gasteiger partial charge in [0.2, 0.25) is 5.91 Å². The predicted molar refractivity (Wildman–Crippen MR) is 82.2 cm³/mol. The Bertz CT molecular complexity index is 738. The van der Waals surface area contributed by atoms with Crippen molar-refractivity contribution in [2.75, 3.05) is 12.3 Å². The Morgan fingerprint density at radius 1 is 1.38 bits per heavy atom. The number of thiophene rings is 1. The van der Waals surface area contributed by atoms with Gasteiger partial charge in [0, 0.05) is 24.0 Å². The van der Waals surface area contributed by atoms with Crippen LogP contribution in [0.4, 0.5) is 5.69 Å². The minimum Gasteiger partial charge on any atom is -0.397 e. The normalized spacial score (nSPS) is 13.3. The number of hydrogen-bond donors (Lipinski definition) is 3. The van der Waals surface area contributed by atoms with Crippen molar-refractivity contribution in [2.45, 2.75) is 25.7 Å². The van der Waals surface area contributed by atoms with E-state index in [0.717, 1.165) is 35.2 Å². The fraction of sp³-hybridized carbons (Fsp3) is 0.357. The molecule has 0 radical (unpaired) electrons. The second-order valence-electron chi connectivity index (χ2n) is 5.12.